The smallest absolute Gasteiger partial charge is 0.387 e. The molecule has 0 heterocycles. The summed E-state index contributed by atoms with van der Waals surface area (Å²) in [5, 5.41) is 21.0. The van der Waals surface area contributed by atoms with Crippen LogP contribution in [0.1, 0.15) is 78.6 Å². The molecule has 4 rings (SSSR count). The monoisotopic (exact) mass is 446 g/mol. The van der Waals surface area contributed by atoms with Gasteiger partial charge in [0.15, 0.2) is 6.10 Å². The molecular formula is C25H41F3O3. The second-order valence-corrected chi connectivity index (χ2v) is 12.1. The summed E-state index contributed by atoms with van der Waals surface area (Å²) >= 11 is 0. The van der Waals surface area contributed by atoms with Gasteiger partial charge in [0.25, 0.3) is 0 Å². The fourth-order valence-corrected chi connectivity index (χ4v) is 9.14. The van der Waals surface area contributed by atoms with Gasteiger partial charge in [-0.2, -0.15) is 13.2 Å². The Morgan fingerprint density at radius 2 is 1.65 bits per heavy atom. The predicted molar refractivity (Wildman–Crippen MR) is 113 cm³/mol. The van der Waals surface area contributed by atoms with Gasteiger partial charge in [-0.3, -0.25) is 0 Å². The summed E-state index contributed by atoms with van der Waals surface area (Å²) in [4.78, 5) is 0. The molecule has 0 aromatic carbocycles. The Labute approximate surface area is 185 Å². The normalized spacial score (nSPS) is 49.6. The van der Waals surface area contributed by atoms with Crippen LogP contribution in [0.4, 0.5) is 13.2 Å². The van der Waals surface area contributed by atoms with E-state index in [1.165, 1.54) is 0 Å². The molecule has 6 heteroatoms. The zero-order valence-corrected chi connectivity index (χ0v) is 19.5. The molecule has 4 aliphatic rings. The summed E-state index contributed by atoms with van der Waals surface area (Å²) < 4.78 is 45.0. The largest absolute Gasteiger partial charge is 0.414 e. The van der Waals surface area contributed by atoms with Crippen LogP contribution < -0.4 is 0 Å². The number of fused-ring (bicyclic) bond motifs is 5. The molecule has 31 heavy (non-hydrogen) atoms. The first-order chi connectivity index (χ1) is 14.4. The number of alkyl halides is 3. The number of halogens is 3. The molecule has 10 atom stereocenters. The van der Waals surface area contributed by atoms with Gasteiger partial charge in [-0.1, -0.05) is 20.8 Å². The van der Waals surface area contributed by atoms with Crippen LogP contribution >= 0.6 is 0 Å². The van der Waals surface area contributed by atoms with Gasteiger partial charge in [0.05, 0.1) is 12.2 Å². The predicted octanol–water partition coefficient (Wildman–Crippen LogP) is 5.58. The Balaban J connectivity index is 1.53. The van der Waals surface area contributed by atoms with Crippen molar-refractivity contribution in [2.45, 2.75) is 96.4 Å². The molecule has 4 aliphatic carbocycles. The van der Waals surface area contributed by atoms with E-state index in [0.29, 0.717) is 30.3 Å². The van der Waals surface area contributed by atoms with Crippen LogP contribution in [0.3, 0.4) is 0 Å². The Morgan fingerprint density at radius 1 is 0.968 bits per heavy atom. The second-order valence-electron chi connectivity index (χ2n) is 12.1. The van der Waals surface area contributed by atoms with Gasteiger partial charge in [-0.25, -0.2) is 0 Å². The number of methoxy groups -OCH3 is 1. The van der Waals surface area contributed by atoms with Crippen LogP contribution in [-0.2, 0) is 4.74 Å². The first kappa shape index (κ1) is 23.8. The van der Waals surface area contributed by atoms with Crippen molar-refractivity contribution in [3.63, 3.8) is 0 Å². The lowest BCUT2D eigenvalue weighted by atomic mass is 9.43. The number of ether oxygens (including phenoxy) is 1. The summed E-state index contributed by atoms with van der Waals surface area (Å²) in [7, 11) is 1.65. The van der Waals surface area contributed by atoms with Crippen LogP contribution in [0.25, 0.3) is 0 Å². The minimum atomic E-state index is -4.54. The molecule has 4 saturated carbocycles. The molecule has 0 amide bonds. The maximum atomic E-state index is 13.2. The van der Waals surface area contributed by atoms with E-state index in [2.05, 4.69) is 13.8 Å². The van der Waals surface area contributed by atoms with Gasteiger partial charge in [0.1, 0.15) is 0 Å². The van der Waals surface area contributed by atoms with Gasteiger partial charge in [-0.05, 0) is 104 Å². The summed E-state index contributed by atoms with van der Waals surface area (Å²) in [6.07, 6.45) is 1.86. The van der Waals surface area contributed by atoms with E-state index in [-0.39, 0.29) is 16.7 Å². The fourth-order valence-electron chi connectivity index (χ4n) is 9.14. The van der Waals surface area contributed by atoms with Gasteiger partial charge in [0.2, 0.25) is 0 Å². The molecule has 0 aliphatic heterocycles. The Kier molecular flexibility index (Phi) is 6.05. The molecule has 0 aromatic heterocycles. The first-order valence-corrected chi connectivity index (χ1v) is 12.3. The van der Waals surface area contributed by atoms with E-state index in [9.17, 15) is 23.4 Å². The van der Waals surface area contributed by atoms with Crippen LogP contribution in [0.2, 0.25) is 0 Å². The van der Waals surface area contributed by atoms with Crippen molar-refractivity contribution in [3.05, 3.63) is 0 Å². The molecule has 0 radical (unpaired) electrons. The van der Waals surface area contributed by atoms with Crippen LogP contribution in [0.5, 0.6) is 0 Å². The SMILES string of the molecule is COC[C@]1(O)CC[C@@]2(C)[C@H](CCC3[C@@H]2CC[C@]2(C)[C@@H]([C@H](C)[C@@H](O)C(F)(F)F)CC[C@@H]32)C1. The van der Waals surface area contributed by atoms with E-state index in [1.54, 1.807) is 14.0 Å². The van der Waals surface area contributed by atoms with E-state index in [1.807, 2.05) is 0 Å². The first-order valence-electron chi connectivity index (χ1n) is 12.3. The topological polar surface area (TPSA) is 49.7 Å². The van der Waals surface area contributed by atoms with E-state index < -0.39 is 23.8 Å². The Bertz CT molecular complexity index is 669. The second kappa shape index (κ2) is 7.87. The third-order valence-corrected chi connectivity index (χ3v) is 10.8. The van der Waals surface area contributed by atoms with Crippen LogP contribution in [0, 0.1) is 46.3 Å². The fraction of sp³-hybridized carbons (Fsp3) is 1.00. The molecule has 2 N–H and O–H groups in total. The van der Waals surface area contributed by atoms with Crippen molar-refractivity contribution >= 4 is 0 Å². The number of hydrogen-bond donors (Lipinski definition) is 2. The third-order valence-electron chi connectivity index (χ3n) is 10.8. The molecule has 0 bridgehead atoms. The van der Waals surface area contributed by atoms with Crippen molar-refractivity contribution in [2.75, 3.05) is 13.7 Å². The van der Waals surface area contributed by atoms with Crippen LogP contribution in [-0.4, -0.2) is 41.8 Å². The summed E-state index contributed by atoms with van der Waals surface area (Å²) in [6.45, 7) is 6.65. The molecule has 1 unspecified atom stereocenters. The molecule has 4 fully saturated rings. The number of aliphatic hydroxyl groups is 2. The highest BCUT2D eigenvalue weighted by molar-refractivity contribution is 5.11. The van der Waals surface area contributed by atoms with Crippen molar-refractivity contribution in [1.29, 1.82) is 0 Å². The standard InChI is InChI=1S/C25H41F3O3/c1-15(21(29)25(26,27)28)18-7-8-19-17-6-5-16-13-24(30,14-31-4)12-11-22(16,2)20(17)9-10-23(18,19)3/h15-21,29-30H,5-14H2,1-4H3/t15-,16+,17?,18+,19-,20-,21+,22-,23+,24-/m0/s1. The van der Waals surface area contributed by atoms with Crippen LogP contribution in [0.15, 0.2) is 0 Å². The van der Waals surface area contributed by atoms with E-state index in [0.717, 1.165) is 57.8 Å². The summed E-state index contributed by atoms with van der Waals surface area (Å²) in [5.41, 5.74) is -0.614. The van der Waals surface area contributed by atoms with E-state index >= 15 is 0 Å². The highest BCUT2D eigenvalue weighted by atomic mass is 19.4. The average molecular weight is 447 g/mol. The maximum absolute atomic E-state index is 13.2. The Morgan fingerprint density at radius 3 is 2.29 bits per heavy atom. The number of rotatable bonds is 4. The highest BCUT2D eigenvalue weighted by Gasteiger charge is 2.62. The van der Waals surface area contributed by atoms with E-state index in [4.69, 9.17) is 4.74 Å². The molecule has 180 valence electrons. The molecule has 3 nitrogen and oxygen atoms in total. The quantitative estimate of drug-likeness (QED) is 0.593. The van der Waals surface area contributed by atoms with Crippen molar-refractivity contribution in [1.82, 2.24) is 0 Å². The lowest BCUT2D eigenvalue weighted by Crippen LogP contribution is -2.57. The third kappa shape index (κ3) is 3.77. The van der Waals surface area contributed by atoms with Gasteiger partial charge in [-0.15, -0.1) is 0 Å². The lowest BCUT2D eigenvalue weighted by Gasteiger charge is -2.62. The number of aliphatic hydroxyl groups excluding tert-OH is 1. The van der Waals surface area contributed by atoms with Gasteiger partial charge < -0.3 is 14.9 Å². The zero-order valence-electron chi connectivity index (χ0n) is 19.5. The molecule has 0 spiro atoms. The molecule has 0 saturated heterocycles. The highest BCUT2D eigenvalue weighted by Crippen LogP contribution is 2.69. The van der Waals surface area contributed by atoms with Crippen molar-refractivity contribution in [3.8, 4) is 0 Å². The minimum absolute atomic E-state index is 0.0706. The summed E-state index contributed by atoms with van der Waals surface area (Å²) in [6, 6.07) is 0. The average Bonchev–Trinajstić information content (AvgIpc) is 3.04. The number of hydrogen-bond acceptors (Lipinski definition) is 3. The molecule has 0 aromatic rings. The van der Waals surface area contributed by atoms with Crippen molar-refractivity contribution in [2.24, 2.45) is 46.3 Å². The maximum Gasteiger partial charge on any atom is 0.414 e. The van der Waals surface area contributed by atoms with Gasteiger partial charge in [0, 0.05) is 7.11 Å². The van der Waals surface area contributed by atoms with Crippen molar-refractivity contribution < 1.29 is 28.1 Å². The summed E-state index contributed by atoms with van der Waals surface area (Å²) in [5.74, 6) is 1.29. The zero-order chi connectivity index (χ0) is 22.8. The Hall–Kier alpha value is -0.330. The minimum Gasteiger partial charge on any atom is -0.387 e. The lowest BCUT2D eigenvalue weighted by molar-refractivity contribution is -0.228. The van der Waals surface area contributed by atoms with Gasteiger partial charge >= 0.3 is 6.18 Å². The molecular weight excluding hydrogens is 405 g/mol.